The van der Waals surface area contributed by atoms with E-state index in [-0.39, 0.29) is 0 Å². The molecule has 4 nitrogen and oxygen atoms in total. The third-order valence-electron chi connectivity index (χ3n) is 3.59. The van der Waals surface area contributed by atoms with Crippen LogP contribution in [-0.4, -0.2) is 9.97 Å². The fourth-order valence-electron chi connectivity index (χ4n) is 2.32. The molecule has 0 aliphatic heterocycles. The minimum atomic E-state index is 0.546. The van der Waals surface area contributed by atoms with Crippen molar-refractivity contribution in [3.05, 3.63) is 70.9 Å². The van der Waals surface area contributed by atoms with E-state index in [1.165, 1.54) is 5.56 Å². The maximum Gasteiger partial charge on any atom is 0.229 e. The summed E-state index contributed by atoms with van der Waals surface area (Å²) in [5, 5.41) is 7.21. The molecule has 3 rings (SSSR count). The Kier molecular flexibility index (Phi) is 4.96. The Morgan fingerprint density at radius 3 is 2.17 bits per heavy atom. The topological polar surface area (TPSA) is 49.8 Å². The van der Waals surface area contributed by atoms with E-state index >= 15 is 0 Å². The molecule has 0 bridgehead atoms. The summed E-state index contributed by atoms with van der Waals surface area (Å²) >= 11 is 5.91. The van der Waals surface area contributed by atoms with Crippen LogP contribution in [0.2, 0.25) is 5.02 Å². The van der Waals surface area contributed by atoms with Gasteiger partial charge in [0.2, 0.25) is 5.95 Å². The zero-order valence-electron chi connectivity index (χ0n) is 13.7. The van der Waals surface area contributed by atoms with Gasteiger partial charge in [-0.1, -0.05) is 30.7 Å². The van der Waals surface area contributed by atoms with Gasteiger partial charge in [0, 0.05) is 28.2 Å². The molecule has 5 heteroatoms. The van der Waals surface area contributed by atoms with Crippen LogP contribution in [0.15, 0.2) is 54.6 Å². The summed E-state index contributed by atoms with van der Waals surface area (Å²) in [5.41, 5.74) is 4.09. The normalized spacial score (nSPS) is 10.5. The molecule has 24 heavy (non-hydrogen) atoms. The van der Waals surface area contributed by atoms with Crippen molar-refractivity contribution in [3.8, 4) is 0 Å². The molecular weight excluding hydrogens is 320 g/mol. The highest BCUT2D eigenvalue weighted by Crippen LogP contribution is 2.20. The van der Waals surface area contributed by atoms with Crippen LogP contribution in [0, 0.1) is 6.92 Å². The molecule has 0 fully saturated rings. The first-order chi connectivity index (χ1) is 11.6. The van der Waals surface area contributed by atoms with Crippen molar-refractivity contribution in [2.75, 3.05) is 10.6 Å². The Labute approximate surface area is 146 Å². The molecule has 0 spiro atoms. The number of nitrogens with one attached hydrogen (secondary N) is 2. The molecule has 1 heterocycles. The molecule has 0 unspecified atom stereocenters. The van der Waals surface area contributed by atoms with E-state index in [0.717, 1.165) is 29.3 Å². The monoisotopic (exact) mass is 338 g/mol. The zero-order chi connectivity index (χ0) is 16.9. The standard InChI is InChI=1S/C19H19ClN4/c1-3-14-4-8-16(9-5-14)22-18-12-13(2)21-19(24-18)23-17-10-6-15(20)7-11-17/h4-12H,3H2,1-2H3,(H2,21,22,23,24). The van der Waals surface area contributed by atoms with Gasteiger partial charge in [-0.15, -0.1) is 0 Å². The lowest BCUT2D eigenvalue weighted by atomic mass is 10.1. The number of rotatable bonds is 5. The van der Waals surface area contributed by atoms with E-state index in [1.54, 1.807) is 0 Å². The van der Waals surface area contributed by atoms with E-state index < -0.39 is 0 Å². The third-order valence-corrected chi connectivity index (χ3v) is 3.84. The Balaban J connectivity index is 1.78. The number of hydrogen-bond acceptors (Lipinski definition) is 4. The van der Waals surface area contributed by atoms with Crippen LogP contribution in [-0.2, 0) is 6.42 Å². The summed E-state index contributed by atoms with van der Waals surface area (Å²) in [6, 6.07) is 17.7. The highest BCUT2D eigenvalue weighted by molar-refractivity contribution is 6.30. The molecule has 3 aromatic rings. The molecule has 0 saturated heterocycles. The van der Waals surface area contributed by atoms with Crippen LogP contribution in [0.4, 0.5) is 23.1 Å². The second-order valence-corrected chi connectivity index (χ2v) is 5.96. The molecule has 2 aromatic carbocycles. The quantitative estimate of drug-likeness (QED) is 0.646. The molecule has 122 valence electrons. The van der Waals surface area contributed by atoms with Crippen molar-refractivity contribution < 1.29 is 0 Å². The number of benzene rings is 2. The molecule has 2 N–H and O–H groups in total. The maximum atomic E-state index is 5.91. The van der Waals surface area contributed by atoms with Gasteiger partial charge in [0.1, 0.15) is 5.82 Å². The molecular formula is C19H19ClN4. The highest BCUT2D eigenvalue weighted by atomic mass is 35.5. The van der Waals surface area contributed by atoms with Gasteiger partial charge in [0.25, 0.3) is 0 Å². The van der Waals surface area contributed by atoms with Gasteiger partial charge in [0.15, 0.2) is 0 Å². The van der Waals surface area contributed by atoms with Crippen LogP contribution in [0.5, 0.6) is 0 Å². The average molecular weight is 339 g/mol. The van der Waals surface area contributed by atoms with Gasteiger partial charge in [0.05, 0.1) is 0 Å². The summed E-state index contributed by atoms with van der Waals surface area (Å²) in [4.78, 5) is 8.95. The number of aryl methyl sites for hydroxylation is 2. The summed E-state index contributed by atoms with van der Waals surface area (Å²) in [6.07, 6.45) is 1.03. The van der Waals surface area contributed by atoms with Crippen LogP contribution in [0.1, 0.15) is 18.2 Å². The van der Waals surface area contributed by atoms with E-state index in [2.05, 4.69) is 51.8 Å². The SMILES string of the molecule is CCc1ccc(Nc2cc(C)nc(Nc3ccc(Cl)cc3)n2)cc1. The number of nitrogens with zero attached hydrogens (tertiary/aromatic N) is 2. The van der Waals surface area contributed by atoms with Crippen molar-refractivity contribution in [2.45, 2.75) is 20.3 Å². The third kappa shape index (κ3) is 4.24. The summed E-state index contributed by atoms with van der Waals surface area (Å²) in [6.45, 7) is 4.09. The molecule has 0 radical (unpaired) electrons. The molecule has 0 aliphatic rings. The smallest absolute Gasteiger partial charge is 0.229 e. The van der Waals surface area contributed by atoms with E-state index in [1.807, 2.05) is 37.3 Å². The van der Waals surface area contributed by atoms with Crippen LogP contribution < -0.4 is 10.6 Å². The minimum Gasteiger partial charge on any atom is -0.340 e. The largest absolute Gasteiger partial charge is 0.340 e. The second-order valence-electron chi connectivity index (χ2n) is 5.53. The Morgan fingerprint density at radius 1 is 0.875 bits per heavy atom. The maximum absolute atomic E-state index is 5.91. The lowest BCUT2D eigenvalue weighted by molar-refractivity contribution is 1.11. The minimum absolute atomic E-state index is 0.546. The first-order valence-electron chi connectivity index (χ1n) is 7.86. The number of halogens is 1. The molecule has 1 aromatic heterocycles. The van der Waals surface area contributed by atoms with Crippen LogP contribution in [0.3, 0.4) is 0 Å². The van der Waals surface area contributed by atoms with Crippen molar-refractivity contribution in [1.29, 1.82) is 0 Å². The Morgan fingerprint density at radius 2 is 1.50 bits per heavy atom. The predicted octanol–water partition coefficient (Wildman–Crippen LogP) is 5.49. The van der Waals surface area contributed by atoms with Crippen LogP contribution >= 0.6 is 11.6 Å². The Hall–Kier alpha value is -2.59. The number of anilines is 4. The van der Waals surface area contributed by atoms with E-state index in [4.69, 9.17) is 11.6 Å². The van der Waals surface area contributed by atoms with Crippen molar-refractivity contribution in [2.24, 2.45) is 0 Å². The van der Waals surface area contributed by atoms with Gasteiger partial charge in [-0.2, -0.15) is 4.98 Å². The van der Waals surface area contributed by atoms with Crippen LogP contribution in [0.25, 0.3) is 0 Å². The molecule has 0 saturated carbocycles. The highest BCUT2D eigenvalue weighted by Gasteiger charge is 2.04. The lowest BCUT2D eigenvalue weighted by Crippen LogP contribution is -2.02. The molecule has 0 aliphatic carbocycles. The fraction of sp³-hybridized carbons (Fsp3) is 0.158. The molecule has 0 atom stereocenters. The molecule has 0 amide bonds. The summed E-state index contributed by atoms with van der Waals surface area (Å²) in [7, 11) is 0. The first-order valence-corrected chi connectivity index (χ1v) is 8.24. The Bertz CT molecular complexity index is 814. The van der Waals surface area contributed by atoms with Crippen molar-refractivity contribution in [3.63, 3.8) is 0 Å². The van der Waals surface area contributed by atoms with Gasteiger partial charge in [-0.25, -0.2) is 4.98 Å². The summed E-state index contributed by atoms with van der Waals surface area (Å²) in [5.74, 6) is 1.30. The number of aromatic nitrogens is 2. The number of hydrogen-bond donors (Lipinski definition) is 2. The van der Waals surface area contributed by atoms with Crippen molar-refractivity contribution in [1.82, 2.24) is 9.97 Å². The van der Waals surface area contributed by atoms with E-state index in [0.29, 0.717) is 11.0 Å². The van der Waals surface area contributed by atoms with Gasteiger partial charge >= 0.3 is 0 Å². The lowest BCUT2D eigenvalue weighted by Gasteiger charge is -2.10. The first kappa shape index (κ1) is 16.3. The summed E-state index contributed by atoms with van der Waals surface area (Å²) < 4.78 is 0. The van der Waals surface area contributed by atoms with Gasteiger partial charge in [-0.05, 0) is 55.3 Å². The second kappa shape index (κ2) is 7.32. The predicted molar refractivity (Wildman–Crippen MR) is 101 cm³/mol. The zero-order valence-corrected chi connectivity index (χ0v) is 14.4. The fourth-order valence-corrected chi connectivity index (χ4v) is 2.45. The van der Waals surface area contributed by atoms with E-state index in [9.17, 15) is 0 Å². The van der Waals surface area contributed by atoms with Crippen molar-refractivity contribution >= 4 is 34.7 Å². The average Bonchev–Trinajstić information content (AvgIpc) is 2.57. The van der Waals surface area contributed by atoms with Gasteiger partial charge < -0.3 is 10.6 Å². The van der Waals surface area contributed by atoms with Gasteiger partial charge in [-0.3, -0.25) is 0 Å².